The topological polar surface area (TPSA) is 123 Å². The number of aromatic nitrogens is 2. The molecule has 1 aromatic heterocycles. The highest BCUT2D eigenvalue weighted by Gasteiger charge is 2.70. The number of Topliss-reactive ketones (excluding diaryl/α,β-unsaturated/α-hetero) is 1. The minimum Gasteiger partial charge on any atom is -0.415 e. The molecule has 11 heteroatoms. The quantitative estimate of drug-likeness (QED) is 0.259. The Morgan fingerprint density at radius 1 is 1.07 bits per heavy atom. The zero-order chi connectivity index (χ0) is 30.9. The molecule has 1 heterocycles. The van der Waals surface area contributed by atoms with Gasteiger partial charge < -0.3 is 10.2 Å². The molecule has 6 rings (SSSR count). The van der Waals surface area contributed by atoms with Crippen molar-refractivity contribution in [2.45, 2.75) is 94.7 Å². The first-order valence-electron chi connectivity index (χ1n) is 14.6. The number of halogens is 4. The number of rotatable bonds is 1. The molecule has 2 N–H and O–H groups in total. The van der Waals surface area contributed by atoms with Gasteiger partial charge in [0.05, 0.1) is 11.1 Å². The molecule has 7 nitrogen and oxygen atoms in total. The van der Waals surface area contributed by atoms with E-state index in [1.807, 2.05) is 19.9 Å². The van der Waals surface area contributed by atoms with Crippen LogP contribution in [0.15, 0.2) is 27.7 Å². The standard InChI is InChI=1S/C31H36F3IN4O3/c1-25(2)19-6-7-28(5)20(27(19,4)13-16(15-36)22(25)41)12-18(40)21-17-14-29(37,23-38-39-24(42-23)31(32,33)34)10-8-26(17,3)9-11-30(21,28)35/h12-13,17,19,21H,6-11,14,37H2,1-5H3/t17-,19-,21-,26+,27-,28+,29+,30-/m0/s1. The lowest BCUT2D eigenvalue weighted by molar-refractivity contribution is -0.158. The number of nitriles is 1. The van der Waals surface area contributed by atoms with Crippen molar-refractivity contribution in [3.8, 4) is 6.07 Å². The fourth-order valence-corrected chi connectivity index (χ4v) is 11.4. The van der Waals surface area contributed by atoms with Gasteiger partial charge in [0, 0.05) is 25.6 Å². The molecule has 226 valence electrons. The number of nitrogens with two attached hydrogens (primary N) is 1. The van der Waals surface area contributed by atoms with Crippen LogP contribution in [0.5, 0.6) is 0 Å². The predicted octanol–water partition coefficient (Wildman–Crippen LogP) is 6.62. The number of fused-ring (bicyclic) bond motifs is 7. The highest BCUT2D eigenvalue weighted by Crippen LogP contribution is 2.73. The molecule has 8 atom stereocenters. The van der Waals surface area contributed by atoms with Gasteiger partial charge in [-0.05, 0) is 73.8 Å². The lowest BCUT2D eigenvalue weighted by Gasteiger charge is -2.68. The van der Waals surface area contributed by atoms with Crippen molar-refractivity contribution in [2.24, 2.45) is 45.1 Å². The summed E-state index contributed by atoms with van der Waals surface area (Å²) in [4.78, 5) is 27.7. The molecule has 0 unspecified atom stereocenters. The van der Waals surface area contributed by atoms with E-state index in [1.54, 1.807) is 6.08 Å². The summed E-state index contributed by atoms with van der Waals surface area (Å²) in [7, 11) is 0. The van der Waals surface area contributed by atoms with Crippen molar-refractivity contribution < 1.29 is 27.2 Å². The van der Waals surface area contributed by atoms with Crippen molar-refractivity contribution in [1.82, 2.24) is 10.2 Å². The number of nitrogens with zero attached hydrogens (tertiary/aromatic N) is 3. The molecule has 42 heavy (non-hydrogen) atoms. The fraction of sp³-hybridized carbons (Fsp3) is 0.710. The largest absolute Gasteiger partial charge is 0.470 e. The second-order valence-corrected chi connectivity index (χ2v) is 16.7. The first kappa shape index (κ1) is 30.0. The molecule has 5 aliphatic rings. The van der Waals surface area contributed by atoms with E-state index >= 15 is 0 Å². The maximum absolute atomic E-state index is 14.4. The van der Waals surface area contributed by atoms with E-state index in [-0.39, 0.29) is 46.7 Å². The maximum atomic E-state index is 14.4. The Hall–Kier alpha value is -2.07. The highest BCUT2D eigenvalue weighted by atomic mass is 127. The van der Waals surface area contributed by atoms with Gasteiger partial charge in [-0.2, -0.15) is 18.4 Å². The summed E-state index contributed by atoms with van der Waals surface area (Å²) in [6, 6.07) is 2.12. The molecular weight excluding hydrogens is 660 g/mol. The third-order valence-corrected chi connectivity index (χ3v) is 14.7. The van der Waals surface area contributed by atoms with Crippen LogP contribution in [-0.2, 0) is 21.3 Å². The normalized spacial score (nSPS) is 44.5. The van der Waals surface area contributed by atoms with Crippen LogP contribution in [0.1, 0.15) is 91.3 Å². The molecule has 3 fully saturated rings. The van der Waals surface area contributed by atoms with Crippen LogP contribution in [0.4, 0.5) is 13.2 Å². The van der Waals surface area contributed by atoms with Crippen LogP contribution in [0.2, 0.25) is 0 Å². The number of carbonyl (C=O) groups excluding carboxylic acids is 2. The van der Waals surface area contributed by atoms with E-state index in [1.165, 1.54) is 0 Å². The summed E-state index contributed by atoms with van der Waals surface area (Å²) in [5.41, 5.74) is 4.64. The second-order valence-electron chi connectivity index (χ2n) is 14.8. The van der Waals surface area contributed by atoms with E-state index in [0.717, 1.165) is 31.3 Å². The molecular formula is C31H36F3IN4O3. The van der Waals surface area contributed by atoms with Gasteiger partial charge >= 0.3 is 12.1 Å². The van der Waals surface area contributed by atoms with Crippen LogP contribution in [0, 0.1) is 50.7 Å². The molecule has 0 aromatic carbocycles. The lowest BCUT2D eigenvalue weighted by Crippen LogP contribution is -2.67. The first-order chi connectivity index (χ1) is 19.3. The van der Waals surface area contributed by atoms with Crippen molar-refractivity contribution in [3.05, 3.63) is 35.1 Å². The summed E-state index contributed by atoms with van der Waals surface area (Å²) in [6.07, 6.45) is 3.33. The Bertz CT molecular complexity index is 1510. The van der Waals surface area contributed by atoms with Gasteiger partial charge in [-0.15, -0.1) is 10.2 Å². The second kappa shape index (κ2) is 8.77. The molecule has 0 spiro atoms. The Balaban J connectivity index is 1.45. The number of hydrogen-bond donors (Lipinski definition) is 1. The van der Waals surface area contributed by atoms with Gasteiger partial charge in [0.25, 0.3) is 0 Å². The van der Waals surface area contributed by atoms with Crippen LogP contribution in [0.3, 0.4) is 0 Å². The summed E-state index contributed by atoms with van der Waals surface area (Å²) in [5, 5.41) is 16.8. The molecule has 5 aliphatic carbocycles. The van der Waals surface area contributed by atoms with Gasteiger partial charge in [-0.1, -0.05) is 63.3 Å². The third-order valence-electron chi connectivity index (χ3n) is 12.3. The number of hydrogen-bond acceptors (Lipinski definition) is 7. The summed E-state index contributed by atoms with van der Waals surface area (Å²) >= 11 is 2.51. The minimum atomic E-state index is -4.77. The number of ketones is 2. The van der Waals surface area contributed by atoms with Crippen LogP contribution < -0.4 is 5.73 Å². The average Bonchev–Trinajstić information content (AvgIpc) is 3.41. The molecule has 3 saturated carbocycles. The van der Waals surface area contributed by atoms with Gasteiger partial charge in [0.2, 0.25) is 5.89 Å². The van der Waals surface area contributed by atoms with E-state index < -0.39 is 43.2 Å². The van der Waals surface area contributed by atoms with E-state index in [9.17, 15) is 28.0 Å². The predicted molar refractivity (Wildman–Crippen MR) is 155 cm³/mol. The number of carbonyl (C=O) groups is 2. The van der Waals surface area contributed by atoms with Crippen LogP contribution >= 0.6 is 22.6 Å². The van der Waals surface area contributed by atoms with E-state index in [0.29, 0.717) is 12.8 Å². The molecule has 0 bridgehead atoms. The van der Waals surface area contributed by atoms with Crippen molar-refractivity contribution in [1.29, 1.82) is 5.26 Å². The highest BCUT2D eigenvalue weighted by molar-refractivity contribution is 14.1. The monoisotopic (exact) mass is 696 g/mol. The van der Waals surface area contributed by atoms with Crippen molar-refractivity contribution >= 4 is 34.2 Å². The van der Waals surface area contributed by atoms with Crippen LogP contribution in [0.25, 0.3) is 0 Å². The Kier molecular flexibility index (Phi) is 6.26. The van der Waals surface area contributed by atoms with Crippen LogP contribution in [-0.4, -0.2) is 25.2 Å². The summed E-state index contributed by atoms with van der Waals surface area (Å²) < 4.78 is 44.4. The van der Waals surface area contributed by atoms with Gasteiger partial charge in [-0.25, -0.2) is 0 Å². The molecule has 0 amide bonds. The zero-order valence-corrected chi connectivity index (χ0v) is 26.6. The van der Waals surface area contributed by atoms with E-state index in [4.69, 9.17) is 10.2 Å². The molecule has 0 aliphatic heterocycles. The summed E-state index contributed by atoms with van der Waals surface area (Å²) in [5.74, 6) is -2.48. The molecule has 0 radical (unpaired) electrons. The van der Waals surface area contributed by atoms with E-state index in [2.05, 4.69) is 59.6 Å². The Labute approximate surface area is 257 Å². The zero-order valence-electron chi connectivity index (χ0n) is 24.5. The van der Waals surface area contributed by atoms with Gasteiger partial charge in [0.1, 0.15) is 6.07 Å². The molecule has 1 aromatic rings. The smallest absolute Gasteiger partial charge is 0.415 e. The maximum Gasteiger partial charge on any atom is 0.470 e. The minimum absolute atomic E-state index is 0.0120. The number of allylic oxidation sites excluding steroid dienone is 4. The third kappa shape index (κ3) is 3.72. The van der Waals surface area contributed by atoms with Gasteiger partial charge in [-0.3, -0.25) is 9.59 Å². The SMILES string of the molecule is CC1(C)C(=O)C(C#N)=C[C@]2(C)C3=CC(=O)[C@@H]4[C@@H]5C[C@@](N)(c6nnc(C(F)(F)F)o6)CC[C@]5(C)CC[C@@]4(I)[C@]3(C)CC[C@@H]12. The van der Waals surface area contributed by atoms with Gasteiger partial charge in [0.15, 0.2) is 11.6 Å². The Morgan fingerprint density at radius 3 is 2.36 bits per heavy atom. The Morgan fingerprint density at radius 2 is 1.74 bits per heavy atom. The molecule has 0 saturated heterocycles. The fourth-order valence-electron chi connectivity index (χ4n) is 9.85. The summed E-state index contributed by atoms with van der Waals surface area (Å²) in [6.45, 7) is 10.3. The number of alkyl halides is 4. The first-order valence-corrected chi connectivity index (χ1v) is 15.7. The lowest BCUT2D eigenvalue weighted by atomic mass is 9.38. The van der Waals surface area contributed by atoms with Crippen molar-refractivity contribution in [3.63, 3.8) is 0 Å². The van der Waals surface area contributed by atoms with Crippen molar-refractivity contribution in [2.75, 3.05) is 0 Å². The average molecular weight is 697 g/mol.